The fourth-order valence-corrected chi connectivity index (χ4v) is 7.41. The zero-order valence-corrected chi connectivity index (χ0v) is 17.6. The van der Waals surface area contributed by atoms with E-state index in [0.29, 0.717) is 0 Å². The van der Waals surface area contributed by atoms with E-state index in [1.807, 2.05) is 0 Å². The molecule has 0 aliphatic carbocycles. The molecule has 0 unspecified atom stereocenters. The van der Waals surface area contributed by atoms with Crippen molar-refractivity contribution in [3.05, 3.63) is 28.8 Å². The third kappa shape index (κ3) is 5.09. The number of carbonyl (C=O) groups is 2. The number of aliphatic carboxylic acids is 1. The maximum atomic E-state index is 13.2. The molecule has 1 aromatic carbocycles. The Bertz CT molecular complexity index is 1010. The van der Waals surface area contributed by atoms with Gasteiger partial charge in [-0.25, -0.2) is 8.42 Å². The zero-order chi connectivity index (χ0) is 22.3. The summed E-state index contributed by atoms with van der Waals surface area (Å²) in [7, 11) is -3.41. The molecule has 0 saturated carbocycles. The number of anilines is 1. The molecule has 7 nitrogen and oxygen atoms in total. The number of benzene rings is 1. The van der Waals surface area contributed by atoms with Gasteiger partial charge < -0.3 is 10.0 Å². The van der Waals surface area contributed by atoms with Crippen LogP contribution in [-0.4, -0.2) is 53.4 Å². The van der Waals surface area contributed by atoms with E-state index in [0.717, 1.165) is 30.0 Å². The first-order valence-electron chi connectivity index (χ1n) is 8.74. The van der Waals surface area contributed by atoms with Crippen molar-refractivity contribution in [2.45, 2.75) is 36.7 Å². The Morgan fingerprint density at radius 1 is 1.27 bits per heavy atom. The molecule has 1 N–H and O–H groups in total. The zero-order valence-electron chi connectivity index (χ0n) is 15.2. The summed E-state index contributed by atoms with van der Waals surface area (Å²) in [5.41, 5.74) is -1.05. The van der Waals surface area contributed by atoms with E-state index >= 15 is 0 Å². The number of rotatable bonds is 5. The molecule has 13 heteroatoms. The van der Waals surface area contributed by atoms with Crippen LogP contribution in [0.5, 0.6) is 0 Å². The van der Waals surface area contributed by atoms with Gasteiger partial charge in [0.2, 0.25) is 5.91 Å². The van der Waals surface area contributed by atoms with Crippen molar-refractivity contribution in [2.75, 3.05) is 16.4 Å². The number of hydrogen-bond donors (Lipinski definition) is 1. The number of amidine groups is 1. The fourth-order valence-electron chi connectivity index (χ4n) is 3.27. The van der Waals surface area contributed by atoms with Crippen molar-refractivity contribution in [3.63, 3.8) is 0 Å². The summed E-state index contributed by atoms with van der Waals surface area (Å²) in [4.78, 5) is 28.0. The molecule has 2 saturated heterocycles. The summed E-state index contributed by atoms with van der Waals surface area (Å²) in [6.07, 6.45) is -4.97. The summed E-state index contributed by atoms with van der Waals surface area (Å²) in [6.45, 7) is 0. The van der Waals surface area contributed by atoms with Crippen molar-refractivity contribution in [3.8, 4) is 0 Å². The molecule has 2 heterocycles. The number of carboxylic acid groups (broad SMARTS) is 1. The Balaban J connectivity index is 1.97. The van der Waals surface area contributed by atoms with E-state index in [1.165, 1.54) is 4.90 Å². The van der Waals surface area contributed by atoms with Gasteiger partial charge in [-0.2, -0.15) is 18.2 Å². The van der Waals surface area contributed by atoms with Crippen molar-refractivity contribution in [1.29, 1.82) is 0 Å². The minimum Gasteiger partial charge on any atom is -0.481 e. The van der Waals surface area contributed by atoms with Gasteiger partial charge in [-0.3, -0.25) is 9.59 Å². The van der Waals surface area contributed by atoms with E-state index < -0.39 is 44.7 Å². The molecular weight excluding hydrogens is 469 g/mol. The Morgan fingerprint density at radius 3 is 2.60 bits per heavy atom. The van der Waals surface area contributed by atoms with E-state index in [4.69, 9.17) is 16.7 Å². The summed E-state index contributed by atoms with van der Waals surface area (Å²) in [5.74, 6) is -2.21. The molecule has 0 spiro atoms. The number of aliphatic imine (C=N–C) groups is 1. The third-order valence-electron chi connectivity index (χ3n) is 4.60. The maximum absolute atomic E-state index is 13.2. The van der Waals surface area contributed by atoms with Gasteiger partial charge in [0.05, 0.1) is 33.8 Å². The van der Waals surface area contributed by atoms with E-state index in [1.54, 1.807) is 0 Å². The van der Waals surface area contributed by atoms with Crippen molar-refractivity contribution in [1.82, 2.24) is 0 Å². The van der Waals surface area contributed by atoms with Gasteiger partial charge in [0, 0.05) is 18.1 Å². The molecule has 30 heavy (non-hydrogen) atoms. The van der Waals surface area contributed by atoms with E-state index in [2.05, 4.69) is 4.99 Å². The molecule has 1 aromatic rings. The molecule has 2 fully saturated rings. The third-order valence-corrected chi connectivity index (χ3v) is 8.13. The number of thioether (sulfide) groups is 1. The molecule has 1 amide bonds. The SMILES string of the molecule is O=C(O)CCCC(=O)N=C1S[C@@H]2CS(=O)(=O)C[C@H]2N1c1cc(C(F)(F)F)ccc1Cl. The standard InChI is InChI=1S/C17H16ClF3N2O5S2/c18-10-5-4-9(17(19,20)21)6-11(10)23-12-7-30(27,28)8-13(12)29-16(23)22-14(24)2-1-3-15(25)26/h4-6,12-13H,1-3,7-8H2,(H,25,26)/t12-,13-/m1/s1. The first-order valence-corrected chi connectivity index (χ1v) is 11.8. The number of alkyl halides is 3. The molecule has 164 valence electrons. The summed E-state index contributed by atoms with van der Waals surface area (Å²) >= 11 is 7.13. The highest BCUT2D eigenvalue weighted by Gasteiger charge is 2.50. The van der Waals surface area contributed by atoms with Gasteiger partial charge in [0.25, 0.3) is 0 Å². The van der Waals surface area contributed by atoms with Crippen molar-refractivity contribution < 1.29 is 36.3 Å². The highest BCUT2D eigenvalue weighted by molar-refractivity contribution is 8.16. The quantitative estimate of drug-likeness (QED) is 0.684. The molecule has 0 aromatic heterocycles. The average molecular weight is 485 g/mol. The molecule has 0 radical (unpaired) electrons. The number of carboxylic acids is 1. The fraction of sp³-hybridized carbons (Fsp3) is 0.471. The Morgan fingerprint density at radius 2 is 1.97 bits per heavy atom. The number of amides is 1. The van der Waals surface area contributed by atoms with Gasteiger partial charge in [0.15, 0.2) is 15.0 Å². The average Bonchev–Trinajstić information content (AvgIpc) is 3.05. The van der Waals surface area contributed by atoms with Crippen LogP contribution in [0.2, 0.25) is 5.02 Å². The molecule has 2 atom stereocenters. The lowest BCUT2D eigenvalue weighted by molar-refractivity contribution is -0.138. The van der Waals surface area contributed by atoms with Crippen molar-refractivity contribution in [2.24, 2.45) is 4.99 Å². The minimum atomic E-state index is -4.64. The van der Waals surface area contributed by atoms with Crippen LogP contribution in [0.15, 0.2) is 23.2 Å². The molecule has 2 aliphatic rings. The van der Waals surface area contributed by atoms with Gasteiger partial charge in [-0.05, 0) is 24.6 Å². The second-order valence-corrected chi connectivity index (χ2v) is 10.6. The molecular formula is C17H16ClF3N2O5S2. The lowest BCUT2D eigenvalue weighted by atomic mass is 10.1. The first-order chi connectivity index (χ1) is 13.9. The van der Waals surface area contributed by atoms with Crippen LogP contribution in [-0.2, 0) is 25.6 Å². The van der Waals surface area contributed by atoms with Crippen LogP contribution < -0.4 is 4.90 Å². The molecule has 3 rings (SSSR count). The summed E-state index contributed by atoms with van der Waals surface area (Å²) in [6, 6.07) is 1.96. The number of nitrogens with zero attached hydrogens (tertiary/aromatic N) is 2. The number of carbonyl (C=O) groups excluding carboxylic acids is 1. The highest BCUT2D eigenvalue weighted by atomic mass is 35.5. The minimum absolute atomic E-state index is 0.0421. The predicted molar refractivity (Wildman–Crippen MR) is 107 cm³/mol. The van der Waals surface area contributed by atoms with Crippen LogP contribution in [0.1, 0.15) is 24.8 Å². The van der Waals surface area contributed by atoms with Gasteiger partial charge in [-0.15, -0.1) is 0 Å². The van der Waals surface area contributed by atoms with Crippen LogP contribution in [0.4, 0.5) is 18.9 Å². The second kappa shape index (κ2) is 8.39. The molecule has 0 bridgehead atoms. The maximum Gasteiger partial charge on any atom is 0.416 e. The Kier molecular flexibility index (Phi) is 6.40. The topological polar surface area (TPSA) is 104 Å². The van der Waals surface area contributed by atoms with Crippen molar-refractivity contribution >= 4 is 55.9 Å². The lowest BCUT2D eigenvalue weighted by Gasteiger charge is -2.26. The van der Waals surface area contributed by atoms with Gasteiger partial charge in [0.1, 0.15) is 0 Å². The smallest absolute Gasteiger partial charge is 0.416 e. The lowest BCUT2D eigenvalue weighted by Crippen LogP contribution is -2.38. The normalized spacial score (nSPS) is 24.3. The van der Waals surface area contributed by atoms with Crippen LogP contribution in [0.25, 0.3) is 0 Å². The van der Waals surface area contributed by atoms with Crippen LogP contribution in [0, 0.1) is 0 Å². The number of hydrogen-bond acceptors (Lipinski definition) is 5. The van der Waals surface area contributed by atoms with Gasteiger partial charge >= 0.3 is 12.1 Å². The van der Waals surface area contributed by atoms with E-state index in [-0.39, 0.29) is 46.6 Å². The monoisotopic (exact) mass is 484 g/mol. The highest BCUT2D eigenvalue weighted by Crippen LogP contribution is 2.44. The Hall–Kier alpha value is -1.79. The number of sulfone groups is 1. The van der Waals surface area contributed by atoms with Crippen LogP contribution in [0.3, 0.4) is 0 Å². The number of halogens is 4. The second-order valence-electron chi connectivity index (χ2n) is 6.87. The summed E-state index contributed by atoms with van der Waals surface area (Å²) in [5, 5.41) is 8.17. The largest absolute Gasteiger partial charge is 0.481 e. The summed E-state index contributed by atoms with van der Waals surface area (Å²) < 4.78 is 63.7. The molecule has 2 aliphatic heterocycles. The van der Waals surface area contributed by atoms with Gasteiger partial charge in [-0.1, -0.05) is 23.4 Å². The Labute approximate surface area is 179 Å². The number of fused-ring (bicyclic) bond motifs is 1. The van der Waals surface area contributed by atoms with E-state index in [9.17, 15) is 31.2 Å². The predicted octanol–water partition coefficient (Wildman–Crippen LogP) is 3.22. The first kappa shape index (κ1) is 22.9. The van der Waals surface area contributed by atoms with Crippen LogP contribution >= 0.6 is 23.4 Å².